The summed E-state index contributed by atoms with van der Waals surface area (Å²) >= 11 is 0. The number of hydrogen-bond donors (Lipinski definition) is 2. The van der Waals surface area contributed by atoms with Gasteiger partial charge in [0.25, 0.3) is 0 Å². The zero-order valence-corrected chi connectivity index (χ0v) is 19.8. The van der Waals surface area contributed by atoms with Crippen LogP contribution < -0.4 is 5.32 Å². The Bertz CT molecular complexity index is 1020. The molecule has 0 heterocycles. The predicted octanol–water partition coefficient (Wildman–Crippen LogP) is 4.85. The Labute approximate surface area is 190 Å². The monoisotopic (exact) mass is 465 g/mol. The van der Waals surface area contributed by atoms with E-state index < -0.39 is 38.2 Å². The molecule has 1 aliphatic carbocycles. The first kappa shape index (κ1) is 24.8. The van der Waals surface area contributed by atoms with Crippen molar-refractivity contribution in [2.45, 2.75) is 74.8 Å². The standard InChI is InChI=1S/C25H33F2NO3S/c1-24(2,3)18-8-7-9-19(12-18)25(10-5-4-6-11-25)28-16-22(29)17-32(30,31)23-14-20(26)13-21(27)15-23/h7-9,12-15,22,28-29H,4-6,10-11,16-17H2,1-3H3. The van der Waals surface area contributed by atoms with Crippen molar-refractivity contribution in [3.05, 3.63) is 65.2 Å². The van der Waals surface area contributed by atoms with Crippen molar-refractivity contribution < 1.29 is 22.3 Å². The molecule has 0 spiro atoms. The number of benzene rings is 2. The number of aliphatic hydroxyl groups is 1. The maximum absolute atomic E-state index is 13.5. The molecule has 0 saturated heterocycles. The maximum Gasteiger partial charge on any atom is 0.181 e. The fourth-order valence-corrected chi connectivity index (χ4v) is 5.84. The molecule has 1 fully saturated rings. The van der Waals surface area contributed by atoms with Gasteiger partial charge in [0, 0.05) is 18.2 Å². The molecule has 0 aromatic heterocycles. The summed E-state index contributed by atoms with van der Waals surface area (Å²) in [7, 11) is -4.04. The Kier molecular flexibility index (Phi) is 7.42. The van der Waals surface area contributed by atoms with Crippen LogP contribution in [0, 0.1) is 11.6 Å². The summed E-state index contributed by atoms with van der Waals surface area (Å²) in [6.07, 6.45) is 3.82. The van der Waals surface area contributed by atoms with Crippen LogP contribution in [0.15, 0.2) is 47.4 Å². The molecule has 4 nitrogen and oxygen atoms in total. The maximum atomic E-state index is 13.5. The van der Waals surface area contributed by atoms with Gasteiger partial charge < -0.3 is 10.4 Å². The van der Waals surface area contributed by atoms with Crippen molar-refractivity contribution in [2.24, 2.45) is 0 Å². The van der Waals surface area contributed by atoms with Crippen molar-refractivity contribution in [3.63, 3.8) is 0 Å². The molecule has 176 valence electrons. The van der Waals surface area contributed by atoms with Crippen molar-refractivity contribution >= 4 is 9.84 Å². The lowest BCUT2D eigenvalue weighted by Crippen LogP contribution is -2.48. The Hall–Kier alpha value is -1.83. The van der Waals surface area contributed by atoms with Gasteiger partial charge in [0.1, 0.15) is 11.6 Å². The first-order valence-corrected chi connectivity index (χ1v) is 12.8. The third kappa shape index (κ3) is 5.94. The third-order valence-corrected chi connectivity index (χ3v) is 8.05. The van der Waals surface area contributed by atoms with Gasteiger partial charge in [-0.05, 0) is 41.5 Å². The SMILES string of the molecule is CC(C)(C)c1cccc(C2(NCC(O)CS(=O)(=O)c3cc(F)cc(F)c3)CCCCC2)c1. The lowest BCUT2D eigenvalue weighted by molar-refractivity contribution is 0.154. The summed E-state index contributed by atoms with van der Waals surface area (Å²) < 4.78 is 52.1. The van der Waals surface area contributed by atoms with E-state index in [4.69, 9.17) is 0 Å². The first-order chi connectivity index (χ1) is 14.9. The lowest BCUT2D eigenvalue weighted by Gasteiger charge is -2.40. The number of aliphatic hydroxyl groups excluding tert-OH is 1. The fourth-order valence-electron chi connectivity index (χ4n) is 4.44. The summed E-state index contributed by atoms with van der Waals surface area (Å²) in [6, 6.07) is 10.6. The molecule has 2 aromatic carbocycles. The van der Waals surface area contributed by atoms with Crippen LogP contribution in [0.25, 0.3) is 0 Å². The molecule has 7 heteroatoms. The van der Waals surface area contributed by atoms with Crippen molar-refractivity contribution in [2.75, 3.05) is 12.3 Å². The van der Waals surface area contributed by atoms with Crippen LogP contribution in [0.4, 0.5) is 8.78 Å². The van der Waals surface area contributed by atoms with Crippen molar-refractivity contribution in [1.82, 2.24) is 5.32 Å². The highest BCUT2D eigenvalue weighted by Crippen LogP contribution is 2.38. The van der Waals surface area contributed by atoms with Crippen LogP contribution in [0.1, 0.15) is 64.0 Å². The first-order valence-electron chi connectivity index (χ1n) is 11.1. The number of hydrogen-bond acceptors (Lipinski definition) is 4. The molecule has 1 unspecified atom stereocenters. The fraction of sp³-hybridized carbons (Fsp3) is 0.520. The quantitative estimate of drug-likeness (QED) is 0.614. The zero-order chi connectivity index (χ0) is 23.6. The average Bonchev–Trinajstić information content (AvgIpc) is 2.71. The molecular weight excluding hydrogens is 432 g/mol. The van der Waals surface area contributed by atoms with Crippen LogP contribution in [0.2, 0.25) is 0 Å². The van der Waals surface area contributed by atoms with Gasteiger partial charge in [-0.2, -0.15) is 0 Å². The summed E-state index contributed by atoms with van der Waals surface area (Å²) in [5.41, 5.74) is 2.03. The largest absolute Gasteiger partial charge is 0.391 e. The Morgan fingerprint density at radius 2 is 1.66 bits per heavy atom. The van der Waals surface area contributed by atoms with E-state index in [1.165, 1.54) is 5.56 Å². The Morgan fingerprint density at radius 1 is 1.03 bits per heavy atom. The van der Waals surface area contributed by atoms with Gasteiger partial charge in [-0.3, -0.25) is 0 Å². The minimum atomic E-state index is -4.04. The molecule has 1 aliphatic rings. The number of nitrogens with one attached hydrogen (secondary N) is 1. The van der Waals surface area contributed by atoms with E-state index in [0.717, 1.165) is 49.8 Å². The molecule has 0 radical (unpaired) electrons. The second-order valence-corrected chi connectivity index (χ2v) is 11.9. The zero-order valence-electron chi connectivity index (χ0n) is 19.0. The van der Waals surface area contributed by atoms with Gasteiger partial charge in [0.15, 0.2) is 9.84 Å². The second-order valence-electron chi connectivity index (χ2n) is 9.89. The van der Waals surface area contributed by atoms with Crippen LogP contribution in [-0.2, 0) is 20.8 Å². The molecule has 1 saturated carbocycles. The molecule has 2 N–H and O–H groups in total. The molecular formula is C25H33F2NO3S. The Balaban J connectivity index is 1.77. The number of halogens is 2. The number of sulfone groups is 1. The van der Waals surface area contributed by atoms with E-state index >= 15 is 0 Å². The second kappa shape index (κ2) is 9.57. The van der Waals surface area contributed by atoms with Crippen LogP contribution in [0.5, 0.6) is 0 Å². The third-order valence-electron chi connectivity index (χ3n) is 6.27. The van der Waals surface area contributed by atoms with Gasteiger partial charge in [0.05, 0.1) is 16.8 Å². The van der Waals surface area contributed by atoms with Crippen molar-refractivity contribution in [1.29, 1.82) is 0 Å². The molecule has 0 bridgehead atoms. The van der Waals surface area contributed by atoms with Gasteiger partial charge in [-0.15, -0.1) is 0 Å². The summed E-state index contributed by atoms with van der Waals surface area (Å²) in [6.45, 7) is 6.56. The number of rotatable bonds is 7. The van der Waals surface area contributed by atoms with E-state index in [-0.39, 0.29) is 17.5 Å². The van der Waals surface area contributed by atoms with Crippen molar-refractivity contribution in [3.8, 4) is 0 Å². The minimum absolute atomic E-state index is 0.000307. The van der Waals surface area contributed by atoms with E-state index in [1.807, 2.05) is 6.07 Å². The van der Waals surface area contributed by atoms with Crippen LogP contribution in [-0.4, -0.2) is 31.9 Å². The highest BCUT2D eigenvalue weighted by Gasteiger charge is 2.35. The normalized spacial score (nSPS) is 17.8. The van der Waals surface area contributed by atoms with Crippen LogP contribution >= 0.6 is 0 Å². The summed E-state index contributed by atoms with van der Waals surface area (Å²) in [5.74, 6) is -2.53. The summed E-state index contributed by atoms with van der Waals surface area (Å²) in [4.78, 5) is -0.459. The minimum Gasteiger partial charge on any atom is -0.391 e. The molecule has 1 atom stereocenters. The van der Waals surface area contributed by atoms with E-state index in [2.05, 4.69) is 44.3 Å². The predicted molar refractivity (Wildman–Crippen MR) is 122 cm³/mol. The molecule has 0 amide bonds. The molecule has 0 aliphatic heterocycles. The molecule has 3 rings (SSSR count). The lowest BCUT2D eigenvalue weighted by atomic mass is 9.74. The van der Waals surface area contributed by atoms with Gasteiger partial charge in [0.2, 0.25) is 0 Å². The van der Waals surface area contributed by atoms with Gasteiger partial charge in [-0.25, -0.2) is 17.2 Å². The van der Waals surface area contributed by atoms with Crippen LogP contribution in [0.3, 0.4) is 0 Å². The highest BCUT2D eigenvalue weighted by atomic mass is 32.2. The molecule has 2 aromatic rings. The highest BCUT2D eigenvalue weighted by molar-refractivity contribution is 7.91. The molecule has 32 heavy (non-hydrogen) atoms. The average molecular weight is 466 g/mol. The van der Waals surface area contributed by atoms with E-state index in [0.29, 0.717) is 6.07 Å². The summed E-state index contributed by atoms with van der Waals surface area (Å²) in [5, 5.41) is 14.0. The van der Waals surface area contributed by atoms with Gasteiger partial charge >= 0.3 is 0 Å². The van der Waals surface area contributed by atoms with Gasteiger partial charge in [-0.1, -0.05) is 64.3 Å². The van der Waals surface area contributed by atoms with E-state index in [1.54, 1.807) is 0 Å². The smallest absolute Gasteiger partial charge is 0.181 e. The van der Waals surface area contributed by atoms with E-state index in [9.17, 15) is 22.3 Å². The topological polar surface area (TPSA) is 66.4 Å². The Morgan fingerprint density at radius 3 is 2.25 bits per heavy atom.